The number of hydrogen-bond donors (Lipinski definition) is 0. The van der Waals surface area contributed by atoms with Crippen molar-refractivity contribution in [3.05, 3.63) is 205 Å². The van der Waals surface area contributed by atoms with E-state index in [0.29, 0.717) is 0 Å². The molecule has 0 spiro atoms. The van der Waals surface area contributed by atoms with E-state index in [-0.39, 0.29) is 5.41 Å². The molecular weight excluding hydrogens is 677 g/mol. The maximum atomic E-state index is 7.03. The predicted molar refractivity (Wildman–Crippen MR) is 236 cm³/mol. The Morgan fingerprint density at radius 3 is 1.50 bits per heavy atom. The molecule has 0 aliphatic heterocycles. The highest BCUT2D eigenvalue weighted by Gasteiger charge is 2.36. The molecule has 1 heteroatoms. The largest absolute Gasteiger partial charge is 0.455 e. The minimum atomic E-state index is -0.130. The maximum Gasteiger partial charge on any atom is 0.144 e. The van der Waals surface area contributed by atoms with Gasteiger partial charge in [-0.25, -0.2) is 0 Å². The van der Waals surface area contributed by atoms with Crippen LogP contribution in [0.2, 0.25) is 0 Å². The van der Waals surface area contributed by atoms with Crippen molar-refractivity contribution in [2.75, 3.05) is 0 Å². The number of para-hydroxylation sites is 1. The highest BCUT2D eigenvalue weighted by Crippen LogP contribution is 2.53. The second-order valence-corrected chi connectivity index (χ2v) is 15.6. The summed E-state index contributed by atoms with van der Waals surface area (Å²) in [5, 5.41) is 4.65. The molecule has 9 aromatic carbocycles. The molecule has 0 saturated heterocycles. The summed E-state index contributed by atoms with van der Waals surface area (Å²) in [4.78, 5) is 0. The first-order chi connectivity index (χ1) is 27.5. The molecule has 0 saturated carbocycles. The van der Waals surface area contributed by atoms with Crippen LogP contribution < -0.4 is 0 Å². The van der Waals surface area contributed by atoms with Crippen molar-refractivity contribution in [2.45, 2.75) is 19.3 Å². The van der Waals surface area contributed by atoms with E-state index in [1.165, 1.54) is 77.5 Å². The molecule has 10 aromatic rings. The first-order valence-corrected chi connectivity index (χ1v) is 19.5. The lowest BCUT2D eigenvalue weighted by Crippen LogP contribution is -2.15. The fourth-order valence-corrected chi connectivity index (χ4v) is 9.32. The van der Waals surface area contributed by atoms with Crippen LogP contribution in [0.5, 0.6) is 0 Å². The van der Waals surface area contributed by atoms with Gasteiger partial charge in [-0.3, -0.25) is 0 Å². The molecule has 0 fully saturated rings. The van der Waals surface area contributed by atoms with Crippen molar-refractivity contribution >= 4 is 32.7 Å². The molecule has 11 rings (SSSR count). The van der Waals surface area contributed by atoms with E-state index in [1.54, 1.807) is 0 Å². The van der Waals surface area contributed by atoms with Gasteiger partial charge in [-0.15, -0.1) is 0 Å². The fraction of sp³-hybridized carbons (Fsp3) is 0.0545. The van der Waals surface area contributed by atoms with Gasteiger partial charge in [-0.2, -0.15) is 0 Å². The summed E-state index contributed by atoms with van der Waals surface area (Å²) >= 11 is 0. The lowest BCUT2D eigenvalue weighted by molar-refractivity contribution is 0.660. The van der Waals surface area contributed by atoms with Crippen LogP contribution >= 0.6 is 0 Å². The third-order valence-electron chi connectivity index (χ3n) is 12.0. The Hall–Kier alpha value is -6.96. The van der Waals surface area contributed by atoms with Gasteiger partial charge in [0.05, 0.1) is 0 Å². The molecule has 264 valence electrons. The lowest BCUT2D eigenvalue weighted by Gasteiger charge is -2.22. The smallest absolute Gasteiger partial charge is 0.144 e. The number of benzene rings is 9. The van der Waals surface area contributed by atoms with E-state index >= 15 is 0 Å². The van der Waals surface area contributed by atoms with Gasteiger partial charge in [-0.1, -0.05) is 172 Å². The van der Waals surface area contributed by atoms with Crippen LogP contribution in [-0.4, -0.2) is 0 Å². The van der Waals surface area contributed by atoms with Gasteiger partial charge in [0, 0.05) is 27.3 Å². The third kappa shape index (κ3) is 5.01. The number of rotatable bonds is 5. The topological polar surface area (TPSA) is 13.1 Å². The van der Waals surface area contributed by atoms with Crippen molar-refractivity contribution in [2.24, 2.45) is 0 Å². The quantitative estimate of drug-likeness (QED) is 0.173. The molecule has 0 radical (unpaired) electrons. The van der Waals surface area contributed by atoms with E-state index in [2.05, 4.69) is 208 Å². The number of fused-ring (bicyclic) bond motifs is 7. The number of hydrogen-bond acceptors (Lipinski definition) is 1. The van der Waals surface area contributed by atoms with Crippen LogP contribution in [0.3, 0.4) is 0 Å². The highest BCUT2D eigenvalue weighted by atomic mass is 16.3. The van der Waals surface area contributed by atoms with Gasteiger partial charge in [-0.05, 0) is 114 Å². The van der Waals surface area contributed by atoms with E-state index in [0.717, 1.165) is 33.1 Å². The summed E-state index contributed by atoms with van der Waals surface area (Å²) in [6.07, 6.45) is 0. The fourth-order valence-electron chi connectivity index (χ4n) is 9.32. The Kier molecular flexibility index (Phi) is 7.28. The van der Waals surface area contributed by atoms with Crippen LogP contribution in [0.25, 0.3) is 99.5 Å². The van der Waals surface area contributed by atoms with E-state index in [9.17, 15) is 0 Å². The van der Waals surface area contributed by atoms with E-state index in [1.807, 2.05) is 0 Å². The Morgan fingerprint density at radius 2 is 0.857 bits per heavy atom. The lowest BCUT2D eigenvalue weighted by atomic mass is 9.81. The summed E-state index contributed by atoms with van der Waals surface area (Å²) in [5.74, 6) is 0. The minimum absolute atomic E-state index is 0.130. The van der Waals surface area contributed by atoms with Gasteiger partial charge in [0.2, 0.25) is 0 Å². The van der Waals surface area contributed by atoms with Crippen molar-refractivity contribution in [1.29, 1.82) is 0 Å². The molecule has 56 heavy (non-hydrogen) atoms. The molecule has 0 N–H and O–H groups in total. The summed E-state index contributed by atoms with van der Waals surface area (Å²) in [6.45, 7) is 4.72. The summed E-state index contributed by atoms with van der Waals surface area (Å²) in [5.41, 5.74) is 18.9. The molecular formula is C55H38O. The molecule has 1 aliphatic carbocycles. The zero-order valence-corrected chi connectivity index (χ0v) is 31.4. The molecule has 0 bridgehead atoms. The van der Waals surface area contributed by atoms with Crippen LogP contribution in [0.15, 0.2) is 199 Å². The first kappa shape index (κ1) is 32.5. The predicted octanol–water partition coefficient (Wildman–Crippen LogP) is 15.4. The minimum Gasteiger partial charge on any atom is -0.455 e. The summed E-state index contributed by atoms with van der Waals surface area (Å²) in [6, 6.07) is 70.8. The van der Waals surface area contributed by atoms with Crippen molar-refractivity contribution in [1.82, 2.24) is 0 Å². The molecule has 0 unspecified atom stereocenters. The Bertz CT molecular complexity index is 3070. The second-order valence-electron chi connectivity index (χ2n) is 15.6. The molecule has 0 amide bonds. The normalized spacial score (nSPS) is 13.0. The van der Waals surface area contributed by atoms with Gasteiger partial charge >= 0.3 is 0 Å². The first-order valence-electron chi connectivity index (χ1n) is 19.5. The Balaban J connectivity index is 1.19. The average molecular weight is 715 g/mol. The highest BCUT2D eigenvalue weighted by molar-refractivity contribution is 6.27. The molecule has 1 aliphatic rings. The SMILES string of the molecule is CC1(C)c2ccc(-c3c4ccccc4c(-c4cc(-c5ccccc5)cc(-c5ccccc5)c4)c4c3oc3ccccc34)cc2-c2ccc(-c3ccccc3)cc21. The summed E-state index contributed by atoms with van der Waals surface area (Å²) in [7, 11) is 0. The zero-order chi connectivity index (χ0) is 37.4. The summed E-state index contributed by atoms with van der Waals surface area (Å²) < 4.78 is 7.03. The molecule has 0 atom stereocenters. The Labute approximate surface area is 327 Å². The second kappa shape index (κ2) is 12.5. The monoisotopic (exact) mass is 714 g/mol. The molecule has 1 aromatic heterocycles. The molecule has 1 heterocycles. The maximum absolute atomic E-state index is 7.03. The van der Waals surface area contributed by atoms with E-state index < -0.39 is 0 Å². The van der Waals surface area contributed by atoms with Crippen LogP contribution in [0.1, 0.15) is 25.0 Å². The van der Waals surface area contributed by atoms with E-state index in [4.69, 9.17) is 4.42 Å². The van der Waals surface area contributed by atoms with Gasteiger partial charge in [0.25, 0.3) is 0 Å². The van der Waals surface area contributed by atoms with Crippen molar-refractivity contribution < 1.29 is 4.42 Å². The molecule has 1 nitrogen and oxygen atoms in total. The third-order valence-corrected chi connectivity index (χ3v) is 12.0. The van der Waals surface area contributed by atoms with Crippen LogP contribution in [0.4, 0.5) is 0 Å². The van der Waals surface area contributed by atoms with Crippen molar-refractivity contribution in [3.8, 4) is 66.8 Å². The van der Waals surface area contributed by atoms with Gasteiger partial charge in [0.1, 0.15) is 11.2 Å². The van der Waals surface area contributed by atoms with Gasteiger partial charge < -0.3 is 4.42 Å². The van der Waals surface area contributed by atoms with Gasteiger partial charge in [0.15, 0.2) is 0 Å². The zero-order valence-electron chi connectivity index (χ0n) is 31.4. The van der Waals surface area contributed by atoms with Crippen LogP contribution in [0, 0.1) is 0 Å². The standard InChI is InChI=1S/C55H38O/c1-55(2)48-29-27-39(33-47(48)43-28-26-38(34-49(43)55)35-16-6-3-7-17-35)52-45-23-13-12-22-44(45)51(53-46-24-14-15-25-50(46)56-54(52)53)42-31-40(36-18-8-4-9-19-36)30-41(32-42)37-20-10-5-11-21-37/h3-34H,1-2H3. The average Bonchev–Trinajstić information content (AvgIpc) is 3.74. The Morgan fingerprint density at radius 1 is 0.339 bits per heavy atom. The van der Waals surface area contributed by atoms with Crippen LogP contribution in [-0.2, 0) is 5.41 Å². The number of furan rings is 1. The van der Waals surface area contributed by atoms with Crippen molar-refractivity contribution in [3.63, 3.8) is 0 Å².